The number of carbonyl (C=O) groups excluding carboxylic acids is 1. The fraction of sp³-hybridized carbons (Fsp3) is 0.818. The molecule has 3 N–H and O–H groups in total. The Bertz CT molecular complexity index is 413. The number of amides is 1. The second-order valence-corrected chi connectivity index (χ2v) is 7.46. The number of rotatable bonds is 18. The van der Waals surface area contributed by atoms with Gasteiger partial charge in [-0.25, -0.2) is 4.79 Å². The molecule has 6 heteroatoms. The number of hydrogen-bond acceptors (Lipinski definition) is 3. The van der Waals surface area contributed by atoms with Gasteiger partial charge in [-0.05, 0) is 39.0 Å². The maximum absolute atomic E-state index is 11.7. The van der Waals surface area contributed by atoms with Gasteiger partial charge in [-0.3, -0.25) is 4.79 Å². The number of carboxylic acids is 1. The van der Waals surface area contributed by atoms with Crippen molar-refractivity contribution in [1.82, 2.24) is 5.32 Å². The number of nitrogens with one attached hydrogen (secondary N) is 1. The predicted molar refractivity (Wildman–Crippen MR) is 119 cm³/mol. The van der Waals surface area contributed by atoms with Gasteiger partial charge < -0.3 is 15.5 Å². The summed E-state index contributed by atoms with van der Waals surface area (Å²) in [6.45, 7) is 3.61. The zero-order valence-corrected chi connectivity index (χ0v) is 17.4. The molecular weight excluding hydrogens is 430 g/mol. The summed E-state index contributed by atoms with van der Waals surface area (Å²) in [5, 5.41) is 20.6. The topological polar surface area (TPSA) is 86.6 Å². The molecule has 5 nitrogen and oxygen atoms in total. The monoisotopic (exact) mass is 473 g/mol. The molecule has 0 fully saturated rings. The van der Waals surface area contributed by atoms with Crippen molar-refractivity contribution < 1.29 is 19.8 Å². The van der Waals surface area contributed by atoms with Gasteiger partial charge in [0.05, 0.1) is 6.10 Å². The Morgan fingerprint density at radius 2 is 1.32 bits per heavy atom. The first-order valence-corrected chi connectivity index (χ1v) is 10.8. The van der Waals surface area contributed by atoms with Crippen molar-refractivity contribution in [3.8, 4) is 0 Å². The van der Waals surface area contributed by atoms with Crippen LogP contribution in [0, 0.1) is 0 Å². The first-order valence-electron chi connectivity index (χ1n) is 10.8. The summed E-state index contributed by atoms with van der Waals surface area (Å²) >= 11 is 0. The Balaban J connectivity index is 0. The molecule has 0 aromatic heterocycles. The molecule has 0 spiro atoms. The fourth-order valence-corrected chi connectivity index (χ4v) is 2.99. The molecule has 0 aliphatic rings. The molecule has 0 aromatic carbocycles. The van der Waals surface area contributed by atoms with E-state index in [0.29, 0.717) is 6.42 Å². The van der Waals surface area contributed by atoms with Crippen LogP contribution < -0.4 is 5.32 Å². The third kappa shape index (κ3) is 19.4. The van der Waals surface area contributed by atoms with Crippen LogP contribution in [0.4, 0.5) is 0 Å². The van der Waals surface area contributed by atoms with Crippen LogP contribution in [0.5, 0.6) is 0 Å². The van der Waals surface area contributed by atoms with E-state index < -0.39 is 18.1 Å². The average molecular weight is 473 g/mol. The van der Waals surface area contributed by atoms with E-state index in [9.17, 15) is 14.7 Å². The van der Waals surface area contributed by atoms with Gasteiger partial charge in [0, 0.05) is 6.42 Å². The number of hydrogen-bond donors (Lipinski definition) is 3. The van der Waals surface area contributed by atoms with Gasteiger partial charge in [0.2, 0.25) is 5.91 Å². The molecule has 162 valence electrons. The van der Waals surface area contributed by atoms with E-state index in [1.807, 2.05) is 0 Å². The number of aliphatic carboxylic acids is 1. The van der Waals surface area contributed by atoms with Gasteiger partial charge >= 0.3 is 51.5 Å². The second kappa shape index (κ2) is 21.8. The van der Waals surface area contributed by atoms with E-state index in [-0.39, 0.29) is 51.4 Å². The van der Waals surface area contributed by atoms with E-state index in [4.69, 9.17) is 5.11 Å². The van der Waals surface area contributed by atoms with Gasteiger partial charge in [0.15, 0.2) is 6.04 Å². The van der Waals surface area contributed by atoms with Crippen molar-refractivity contribution >= 4 is 57.4 Å². The van der Waals surface area contributed by atoms with Crippen LogP contribution in [0.2, 0.25) is 0 Å². The third-order valence-electron chi connectivity index (χ3n) is 4.73. The van der Waals surface area contributed by atoms with Crippen molar-refractivity contribution in [3.63, 3.8) is 0 Å². The standard InChI is InChI=1S/C22H41NO4.Sr.2H/c1-3-4-5-6-7-8-9-10-11-12-13-14-15-16-17-18-20(25)23-21(19(2)24)22(26)27;;;/h10-11,19,21,24H,3-9,12-18H2,1-2H3,(H,23,25)(H,26,27);;;/b11-10-;;;. The maximum atomic E-state index is 11.7. The van der Waals surface area contributed by atoms with E-state index in [0.717, 1.165) is 32.1 Å². The average Bonchev–Trinajstić information content (AvgIpc) is 2.62. The van der Waals surface area contributed by atoms with Crippen molar-refractivity contribution in [2.24, 2.45) is 0 Å². The quantitative estimate of drug-likeness (QED) is 0.159. The normalized spacial score (nSPS) is 13.1. The molecule has 0 saturated heterocycles. The van der Waals surface area contributed by atoms with Gasteiger partial charge in [-0.1, -0.05) is 70.4 Å². The molecule has 0 saturated carbocycles. The predicted octanol–water partition coefficient (Wildman–Crippen LogP) is 4.06. The van der Waals surface area contributed by atoms with E-state index in [2.05, 4.69) is 24.4 Å². The first-order chi connectivity index (χ1) is 13.0. The summed E-state index contributed by atoms with van der Waals surface area (Å²) in [6.07, 6.45) is 19.4. The van der Waals surface area contributed by atoms with E-state index in [1.165, 1.54) is 58.3 Å². The molecular formula is C22H43NO4Sr. The van der Waals surface area contributed by atoms with Crippen LogP contribution in [0.1, 0.15) is 104 Å². The molecule has 0 aliphatic carbocycles. The Morgan fingerprint density at radius 1 is 0.857 bits per heavy atom. The van der Waals surface area contributed by atoms with E-state index in [1.54, 1.807) is 0 Å². The van der Waals surface area contributed by atoms with Crippen LogP contribution in [-0.2, 0) is 9.59 Å². The zero-order valence-electron chi connectivity index (χ0n) is 17.4. The minimum atomic E-state index is -1.22. The second-order valence-electron chi connectivity index (χ2n) is 7.46. The summed E-state index contributed by atoms with van der Waals surface area (Å²) in [5.74, 6) is -1.51. The molecule has 1 amide bonds. The Morgan fingerprint density at radius 3 is 1.79 bits per heavy atom. The Hall–Kier alpha value is 0.121. The number of aliphatic hydroxyl groups is 1. The summed E-state index contributed by atoms with van der Waals surface area (Å²) in [7, 11) is 0. The van der Waals surface area contributed by atoms with Gasteiger partial charge in [0.1, 0.15) is 0 Å². The molecule has 0 aromatic rings. The number of aliphatic hydroxyl groups excluding tert-OH is 1. The molecule has 28 heavy (non-hydrogen) atoms. The van der Waals surface area contributed by atoms with Crippen molar-refractivity contribution in [2.45, 2.75) is 116 Å². The fourth-order valence-electron chi connectivity index (χ4n) is 2.99. The molecule has 0 aliphatic heterocycles. The summed E-state index contributed by atoms with van der Waals surface area (Å²) in [5.41, 5.74) is 0. The van der Waals surface area contributed by atoms with Crippen molar-refractivity contribution in [1.29, 1.82) is 0 Å². The first kappa shape index (κ1) is 30.3. The molecule has 0 heterocycles. The molecule has 0 radical (unpaired) electrons. The van der Waals surface area contributed by atoms with Crippen LogP contribution >= 0.6 is 0 Å². The molecule has 2 unspecified atom stereocenters. The van der Waals surface area contributed by atoms with Crippen LogP contribution in [0.25, 0.3) is 0 Å². The van der Waals surface area contributed by atoms with Gasteiger partial charge in [0.25, 0.3) is 0 Å². The van der Waals surface area contributed by atoms with Crippen molar-refractivity contribution in [3.05, 3.63) is 12.2 Å². The number of unbranched alkanes of at least 4 members (excludes halogenated alkanes) is 11. The molecule has 0 bridgehead atoms. The third-order valence-corrected chi connectivity index (χ3v) is 4.73. The van der Waals surface area contributed by atoms with Crippen LogP contribution in [0.3, 0.4) is 0 Å². The number of allylic oxidation sites excluding steroid dienone is 2. The van der Waals surface area contributed by atoms with Crippen molar-refractivity contribution in [2.75, 3.05) is 0 Å². The summed E-state index contributed by atoms with van der Waals surface area (Å²) < 4.78 is 0. The molecule has 0 rings (SSSR count). The Labute approximate surface area is 209 Å². The SMILES string of the molecule is CCCCCCCC/C=C\CCCCCCCC(=O)NC(C(=O)O)C(C)O.[SrH2]. The number of carbonyl (C=O) groups is 2. The summed E-state index contributed by atoms with van der Waals surface area (Å²) in [6, 6.07) is -1.22. The van der Waals surface area contributed by atoms with Crippen LogP contribution in [0.15, 0.2) is 12.2 Å². The zero-order chi connectivity index (χ0) is 20.3. The minimum absolute atomic E-state index is 0. The molecule has 2 atom stereocenters. The Kier molecular flexibility index (Phi) is 23.6. The number of carboxylic acid groups (broad SMARTS) is 1. The van der Waals surface area contributed by atoms with E-state index >= 15 is 0 Å². The van der Waals surface area contributed by atoms with Gasteiger partial charge in [-0.2, -0.15) is 0 Å². The summed E-state index contributed by atoms with van der Waals surface area (Å²) in [4.78, 5) is 22.6. The van der Waals surface area contributed by atoms with Crippen LogP contribution in [-0.4, -0.2) is 79.7 Å². The van der Waals surface area contributed by atoms with Gasteiger partial charge in [-0.15, -0.1) is 0 Å².